The third kappa shape index (κ3) is 2.68. The standard InChI is InChI=1S/C8H17BrN2O2S/c1-11(2)8(4-3-5-8)6-10-14(12,13)7-9/h10H,3-7H2,1-2H3. The van der Waals surface area contributed by atoms with E-state index in [2.05, 4.69) is 25.6 Å². The second kappa shape index (κ2) is 4.47. The van der Waals surface area contributed by atoms with Gasteiger partial charge in [-0.15, -0.1) is 0 Å². The van der Waals surface area contributed by atoms with Gasteiger partial charge in [0.25, 0.3) is 0 Å². The average Bonchev–Trinajstić information content (AvgIpc) is 2.01. The largest absolute Gasteiger partial charge is 0.302 e. The molecule has 0 atom stereocenters. The minimum absolute atomic E-state index is 0.0243. The summed E-state index contributed by atoms with van der Waals surface area (Å²) in [4.78, 5) is 2.12. The summed E-state index contributed by atoms with van der Waals surface area (Å²) in [6.45, 7) is 0.522. The number of halogens is 1. The first-order chi connectivity index (χ1) is 6.42. The molecule has 6 heteroatoms. The van der Waals surface area contributed by atoms with Crippen molar-refractivity contribution in [1.29, 1.82) is 0 Å². The predicted octanol–water partition coefficient (Wildman–Crippen LogP) is 0.742. The van der Waals surface area contributed by atoms with Crippen LogP contribution in [0, 0.1) is 0 Å². The van der Waals surface area contributed by atoms with Gasteiger partial charge in [0.1, 0.15) is 4.66 Å². The Bertz CT molecular complexity index is 286. The van der Waals surface area contributed by atoms with Gasteiger partial charge in [-0.05, 0) is 33.4 Å². The van der Waals surface area contributed by atoms with Crippen LogP contribution in [0.5, 0.6) is 0 Å². The molecule has 0 aromatic rings. The Balaban J connectivity index is 2.51. The third-order valence-electron chi connectivity index (χ3n) is 3.00. The first kappa shape index (κ1) is 12.4. The highest BCUT2D eigenvalue weighted by atomic mass is 79.9. The van der Waals surface area contributed by atoms with E-state index in [1.807, 2.05) is 14.1 Å². The molecular weight excluding hydrogens is 268 g/mol. The number of nitrogens with one attached hydrogen (secondary N) is 1. The zero-order chi connectivity index (χ0) is 10.8. The lowest BCUT2D eigenvalue weighted by Crippen LogP contribution is -2.57. The molecule has 1 fully saturated rings. The third-order valence-corrected chi connectivity index (χ3v) is 5.68. The van der Waals surface area contributed by atoms with Crippen LogP contribution in [0.1, 0.15) is 19.3 Å². The van der Waals surface area contributed by atoms with E-state index < -0.39 is 10.0 Å². The van der Waals surface area contributed by atoms with Crippen molar-refractivity contribution in [3.63, 3.8) is 0 Å². The summed E-state index contributed by atoms with van der Waals surface area (Å²) in [7, 11) is 0.881. The summed E-state index contributed by atoms with van der Waals surface area (Å²) in [6, 6.07) is 0. The highest BCUT2D eigenvalue weighted by Crippen LogP contribution is 2.35. The minimum Gasteiger partial charge on any atom is -0.302 e. The second-order valence-corrected chi connectivity index (χ2v) is 7.13. The molecule has 0 saturated heterocycles. The molecule has 1 N–H and O–H groups in total. The lowest BCUT2D eigenvalue weighted by atomic mass is 9.76. The Morgan fingerprint density at radius 2 is 2.00 bits per heavy atom. The molecule has 0 amide bonds. The summed E-state index contributed by atoms with van der Waals surface area (Å²) < 4.78 is 25.1. The number of sulfonamides is 1. The van der Waals surface area contributed by atoms with Gasteiger partial charge in [-0.2, -0.15) is 0 Å². The summed E-state index contributed by atoms with van der Waals surface area (Å²) in [5, 5.41) is 0. The SMILES string of the molecule is CN(C)C1(CNS(=O)(=O)CBr)CCC1. The minimum atomic E-state index is -3.12. The van der Waals surface area contributed by atoms with Crippen molar-refractivity contribution >= 4 is 26.0 Å². The smallest absolute Gasteiger partial charge is 0.221 e. The van der Waals surface area contributed by atoms with Crippen LogP contribution in [0.15, 0.2) is 0 Å². The van der Waals surface area contributed by atoms with Gasteiger partial charge in [0.2, 0.25) is 10.0 Å². The Hall–Kier alpha value is 0.350. The Morgan fingerprint density at radius 1 is 1.43 bits per heavy atom. The fourth-order valence-corrected chi connectivity index (χ4v) is 2.70. The van der Waals surface area contributed by atoms with Gasteiger partial charge in [0.05, 0.1) is 0 Å². The van der Waals surface area contributed by atoms with Crippen LogP contribution in [0.2, 0.25) is 0 Å². The van der Waals surface area contributed by atoms with E-state index in [1.54, 1.807) is 0 Å². The number of rotatable bonds is 5. The molecule has 1 rings (SSSR count). The van der Waals surface area contributed by atoms with Gasteiger partial charge in [0, 0.05) is 12.1 Å². The van der Waals surface area contributed by atoms with Gasteiger partial charge >= 0.3 is 0 Å². The summed E-state index contributed by atoms with van der Waals surface area (Å²) in [5.74, 6) is 0. The molecule has 84 valence electrons. The van der Waals surface area contributed by atoms with Crippen molar-refractivity contribution in [1.82, 2.24) is 9.62 Å². The monoisotopic (exact) mass is 284 g/mol. The van der Waals surface area contributed by atoms with Gasteiger partial charge < -0.3 is 4.90 Å². The topological polar surface area (TPSA) is 49.4 Å². The van der Waals surface area contributed by atoms with Crippen LogP contribution in [-0.2, 0) is 10.0 Å². The Morgan fingerprint density at radius 3 is 2.29 bits per heavy atom. The van der Waals surface area contributed by atoms with Crippen molar-refractivity contribution in [2.75, 3.05) is 25.3 Å². The number of hydrogen-bond acceptors (Lipinski definition) is 3. The van der Waals surface area contributed by atoms with E-state index in [-0.39, 0.29) is 10.2 Å². The fourth-order valence-electron chi connectivity index (χ4n) is 1.65. The molecule has 1 aliphatic rings. The quantitative estimate of drug-likeness (QED) is 0.758. The van der Waals surface area contributed by atoms with Crippen LogP contribution in [-0.4, -0.2) is 44.2 Å². The van der Waals surface area contributed by atoms with Crippen molar-refractivity contribution in [2.24, 2.45) is 0 Å². The lowest BCUT2D eigenvalue weighted by molar-refractivity contribution is 0.0657. The van der Waals surface area contributed by atoms with Crippen molar-refractivity contribution in [3.05, 3.63) is 0 Å². The van der Waals surface area contributed by atoms with Crippen LogP contribution in [0.25, 0.3) is 0 Å². The average molecular weight is 285 g/mol. The normalized spacial score (nSPS) is 20.9. The number of nitrogens with zero attached hydrogens (tertiary/aromatic N) is 1. The summed E-state index contributed by atoms with van der Waals surface area (Å²) in [5.41, 5.74) is 0.0508. The van der Waals surface area contributed by atoms with Crippen molar-refractivity contribution in [2.45, 2.75) is 24.8 Å². The van der Waals surface area contributed by atoms with Crippen LogP contribution >= 0.6 is 15.9 Å². The summed E-state index contributed by atoms with van der Waals surface area (Å²) in [6.07, 6.45) is 3.34. The highest BCUT2D eigenvalue weighted by molar-refractivity contribution is 9.10. The van der Waals surface area contributed by atoms with Crippen LogP contribution in [0.4, 0.5) is 0 Å². The molecule has 0 bridgehead atoms. The Kier molecular flexibility index (Phi) is 3.96. The number of hydrogen-bond donors (Lipinski definition) is 1. The molecule has 14 heavy (non-hydrogen) atoms. The van der Waals surface area contributed by atoms with Gasteiger partial charge in [-0.3, -0.25) is 0 Å². The lowest BCUT2D eigenvalue weighted by Gasteiger charge is -2.47. The highest BCUT2D eigenvalue weighted by Gasteiger charge is 2.39. The van der Waals surface area contributed by atoms with Crippen LogP contribution < -0.4 is 4.72 Å². The van der Waals surface area contributed by atoms with Crippen molar-refractivity contribution in [3.8, 4) is 0 Å². The Labute approximate surface area is 94.2 Å². The molecule has 0 unspecified atom stereocenters. The zero-order valence-electron chi connectivity index (χ0n) is 8.59. The number of likely N-dealkylation sites (N-methyl/N-ethyl adjacent to an activating group) is 1. The maximum atomic E-state index is 11.2. The van der Waals surface area contributed by atoms with E-state index in [9.17, 15) is 8.42 Å². The molecule has 1 saturated carbocycles. The predicted molar refractivity (Wildman–Crippen MR) is 61.0 cm³/mol. The molecule has 0 spiro atoms. The number of alkyl halides is 1. The molecular formula is C8H17BrN2O2S. The summed E-state index contributed by atoms with van der Waals surface area (Å²) >= 11 is 2.95. The van der Waals surface area contributed by atoms with E-state index in [4.69, 9.17) is 0 Å². The van der Waals surface area contributed by atoms with Crippen molar-refractivity contribution < 1.29 is 8.42 Å². The van der Waals surface area contributed by atoms with E-state index >= 15 is 0 Å². The van der Waals surface area contributed by atoms with Gasteiger partial charge in [-0.25, -0.2) is 13.1 Å². The maximum absolute atomic E-state index is 11.2. The molecule has 0 radical (unpaired) electrons. The first-order valence-corrected chi connectivity index (χ1v) is 7.40. The van der Waals surface area contributed by atoms with E-state index in [1.165, 1.54) is 6.42 Å². The van der Waals surface area contributed by atoms with Crippen LogP contribution in [0.3, 0.4) is 0 Å². The van der Waals surface area contributed by atoms with Gasteiger partial charge in [-0.1, -0.05) is 15.9 Å². The molecule has 0 aromatic heterocycles. The molecule has 0 aliphatic heterocycles. The molecule has 4 nitrogen and oxygen atoms in total. The fraction of sp³-hybridized carbons (Fsp3) is 1.00. The molecule has 0 aromatic carbocycles. The van der Waals surface area contributed by atoms with Gasteiger partial charge in [0.15, 0.2) is 0 Å². The molecule has 0 heterocycles. The first-order valence-electron chi connectivity index (χ1n) is 4.63. The maximum Gasteiger partial charge on any atom is 0.221 e. The van der Waals surface area contributed by atoms with E-state index in [0.29, 0.717) is 6.54 Å². The molecule has 1 aliphatic carbocycles. The zero-order valence-corrected chi connectivity index (χ0v) is 11.0. The second-order valence-electron chi connectivity index (χ2n) is 4.02. The van der Waals surface area contributed by atoms with E-state index in [0.717, 1.165) is 12.8 Å².